The first-order chi connectivity index (χ1) is 9.92. The summed E-state index contributed by atoms with van der Waals surface area (Å²) in [7, 11) is 0. The molecule has 2 N–H and O–H groups in total. The fourth-order valence-electron chi connectivity index (χ4n) is 1.77. The summed E-state index contributed by atoms with van der Waals surface area (Å²) in [4.78, 5) is 0. The van der Waals surface area contributed by atoms with Gasteiger partial charge in [-0.15, -0.1) is 13.2 Å². The molecular formula is C14H13F3N2OS. The Bertz CT molecular complexity index is 582. The highest BCUT2D eigenvalue weighted by Crippen LogP contribution is 2.25. The van der Waals surface area contributed by atoms with E-state index >= 15 is 0 Å². The minimum Gasteiger partial charge on any atom is -0.406 e. The molecule has 0 atom stereocenters. The summed E-state index contributed by atoms with van der Waals surface area (Å²) >= 11 is 5.11. The molecule has 0 heterocycles. The van der Waals surface area contributed by atoms with Crippen LogP contribution in [0.5, 0.6) is 5.75 Å². The van der Waals surface area contributed by atoms with Crippen LogP contribution in [0.2, 0.25) is 0 Å². The zero-order valence-electron chi connectivity index (χ0n) is 10.9. The van der Waals surface area contributed by atoms with Crippen LogP contribution in [0.3, 0.4) is 0 Å². The van der Waals surface area contributed by atoms with E-state index in [1.807, 2.05) is 18.2 Å². The first-order valence-corrected chi connectivity index (χ1v) is 6.64. The van der Waals surface area contributed by atoms with Gasteiger partial charge in [-0.1, -0.05) is 18.2 Å². The average molecular weight is 314 g/mol. The number of halogens is 3. The van der Waals surface area contributed by atoms with Crippen molar-refractivity contribution in [2.75, 3.05) is 5.32 Å². The van der Waals surface area contributed by atoms with Crippen LogP contribution in [0.4, 0.5) is 18.9 Å². The molecule has 112 valence electrons. The van der Waals surface area contributed by atoms with Crippen molar-refractivity contribution >= 4 is 23.0 Å². The molecule has 0 unspecified atom stereocenters. The Morgan fingerprint density at radius 3 is 2.67 bits per heavy atom. The summed E-state index contributed by atoms with van der Waals surface area (Å²) in [6.07, 6.45) is 3.12. The SMILES string of the molecule is FC(F)(F)Oc1cccc(NC(=S)NC2=CCCC=C2)c1. The van der Waals surface area contributed by atoms with Crippen molar-refractivity contribution in [2.45, 2.75) is 19.2 Å². The lowest BCUT2D eigenvalue weighted by Crippen LogP contribution is -2.27. The number of allylic oxidation sites excluding steroid dienone is 3. The van der Waals surface area contributed by atoms with Crippen LogP contribution < -0.4 is 15.4 Å². The minimum atomic E-state index is -4.71. The third-order valence-electron chi connectivity index (χ3n) is 2.58. The predicted molar refractivity (Wildman–Crippen MR) is 78.9 cm³/mol. The number of nitrogens with one attached hydrogen (secondary N) is 2. The lowest BCUT2D eigenvalue weighted by atomic mass is 10.1. The van der Waals surface area contributed by atoms with E-state index in [1.54, 1.807) is 6.07 Å². The fourth-order valence-corrected chi connectivity index (χ4v) is 2.01. The van der Waals surface area contributed by atoms with Gasteiger partial charge in [0.15, 0.2) is 5.11 Å². The highest BCUT2D eigenvalue weighted by Gasteiger charge is 2.31. The summed E-state index contributed by atoms with van der Waals surface area (Å²) in [6.45, 7) is 0. The van der Waals surface area contributed by atoms with Crippen molar-refractivity contribution < 1.29 is 17.9 Å². The van der Waals surface area contributed by atoms with Crippen LogP contribution in [0, 0.1) is 0 Å². The summed E-state index contributed by atoms with van der Waals surface area (Å²) in [5.41, 5.74) is 1.27. The summed E-state index contributed by atoms with van der Waals surface area (Å²) in [5.74, 6) is -0.299. The third kappa shape index (κ3) is 5.47. The van der Waals surface area contributed by atoms with Gasteiger partial charge in [0.2, 0.25) is 0 Å². The molecule has 1 aromatic carbocycles. The highest BCUT2D eigenvalue weighted by molar-refractivity contribution is 7.80. The molecule has 0 saturated carbocycles. The normalized spacial score (nSPS) is 14.3. The van der Waals surface area contributed by atoms with Crippen molar-refractivity contribution in [2.24, 2.45) is 0 Å². The van der Waals surface area contributed by atoms with Gasteiger partial charge in [-0.25, -0.2) is 0 Å². The van der Waals surface area contributed by atoms with Crippen molar-refractivity contribution in [3.8, 4) is 5.75 Å². The van der Waals surface area contributed by atoms with E-state index in [2.05, 4.69) is 15.4 Å². The Hall–Kier alpha value is -2.02. The van der Waals surface area contributed by atoms with Crippen LogP contribution in [-0.2, 0) is 0 Å². The number of hydrogen-bond acceptors (Lipinski definition) is 2. The van der Waals surface area contributed by atoms with Gasteiger partial charge in [-0.2, -0.15) is 0 Å². The monoisotopic (exact) mass is 314 g/mol. The molecule has 1 aliphatic carbocycles. The topological polar surface area (TPSA) is 33.3 Å². The molecule has 0 saturated heterocycles. The second-order valence-corrected chi connectivity index (χ2v) is 4.70. The molecule has 0 fully saturated rings. The molecule has 7 heteroatoms. The second-order valence-electron chi connectivity index (χ2n) is 4.29. The van der Waals surface area contributed by atoms with E-state index < -0.39 is 6.36 Å². The van der Waals surface area contributed by atoms with Gasteiger partial charge in [-0.05, 0) is 43.3 Å². The van der Waals surface area contributed by atoms with E-state index in [-0.39, 0.29) is 5.75 Å². The van der Waals surface area contributed by atoms with Crippen molar-refractivity contribution in [3.05, 3.63) is 48.2 Å². The van der Waals surface area contributed by atoms with E-state index in [4.69, 9.17) is 12.2 Å². The Labute approximate surface area is 125 Å². The van der Waals surface area contributed by atoms with Gasteiger partial charge in [0.25, 0.3) is 0 Å². The third-order valence-corrected chi connectivity index (χ3v) is 2.78. The van der Waals surface area contributed by atoms with Crippen LogP contribution in [-0.4, -0.2) is 11.5 Å². The molecule has 1 aromatic rings. The van der Waals surface area contributed by atoms with Gasteiger partial charge in [0.05, 0.1) is 0 Å². The lowest BCUT2D eigenvalue weighted by molar-refractivity contribution is -0.274. The molecular weight excluding hydrogens is 301 g/mol. The molecule has 21 heavy (non-hydrogen) atoms. The lowest BCUT2D eigenvalue weighted by Gasteiger charge is -2.14. The zero-order chi connectivity index (χ0) is 15.3. The van der Waals surface area contributed by atoms with Crippen molar-refractivity contribution in [1.29, 1.82) is 0 Å². The Morgan fingerprint density at radius 1 is 1.19 bits per heavy atom. The molecule has 0 aromatic heterocycles. The fraction of sp³-hybridized carbons (Fsp3) is 0.214. The first-order valence-electron chi connectivity index (χ1n) is 6.23. The van der Waals surface area contributed by atoms with Gasteiger partial charge >= 0.3 is 6.36 Å². The molecule has 0 spiro atoms. The number of thiocarbonyl (C=S) groups is 1. The number of ether oxygens (including phenoxy) is 1. The van der Waals surface area contributed by atoms with Crippen molar-refractivity contribution in [3.63, 3.8) is 0 Å². The summed E-state index contributed by atoms with van der Waals surface area (Å²) < 4.78 is 40.3. The molecule has 0 amide bonds. The van der Waals surface area contributed by atoms with Crippen LogP contribution in [0.15, 0.2) is 48.2 Å². The quantitative estimate of drug-likeness (QED) is 0.823. The number of rotatable bonds is 3. The van der Waals surface area contributed by atoms with E-state index in [0.29, 0.717) is 10.8 Å². The van der Waals surface area contributed by atoms with Gasteiger partial charge in [0.1, 0.15) is 5.75 Å². The second kappa shape index (κ2) is 6.62. The van der Waals surface area contributed by atoms with Gasteiger partial charge in [-0.3, -0.25) is 0 Å². The van der Waals surface area contributed by atoms with E-state index in [0.717, 1.165) is 18.5 Å². The number of hydrogen-bond donors (Lipinski definition) is 2. The smallest absolute Gasteiger partial charge is 0.406 e. The number of alkyl halides is 3. The Balaban J connectivity index is 1.96. The highest BCUT2D eigenvalue weighted by atomic mass is 32.1. The molecule has 3 nitrogen and oxygen atoms in total. The molecule has 0 bridgehead atoms. The molecule has 1 aliphatic rings. The first kappa shape index (κ1) is 15.4. The van der Waals surface area contributed by atoms with Crippen LogP contribution in [0.25, 0.3) is 0 Å². The Kier molecular flexibility index (Phi) is 4.85. The Morgan fingerprint density at radius 2 is 2.00 bits per heavy atom. The molecule has 2 rings (SSSR count). The molecule has 0 aliphatic heterocycles. The maximum Gasteiger partial charge on any atom is 0.573 e. The van der Waals surface area contributed by atoms with Crippen molar-refractivity contribution in [1.82, 2.24) is 5.32 Å². The van der Waals surface area contributed by atoms with E-state index in [1.165, 1.54) is 18.2 Å². The molecule has 0 radical (unpaired) electrons. The zero-order valence-corrected chi connectivity index (χ0v) is 11.7. The van der Waals surface area contributed by atoms with E-state index in [9.17, 15) is 13.2 Å². The maximum atomic E-state index is 12.1. The largest absolute Gasteiger partial charge is 0.573 e. The summed E-state index contributed by atoms with van der Waals surface area (Å²) in [6, 6.07) is 5.50. The van der Waals surface area contributed by atoms with Crippen LogP contribution >= 0.6 is 12.2 Å². The van der Waals surface area contributed by atoms with Gasteiger partial charge in [0, 0.05) is 17.5 Å². The number of benzene rings is 1. The predicted octanol–water partition coefficient (Wildman–Crippen LogP) is 4.11. The summed E-state index contributed by atoms with van der Waals surface area (Å²) in [5, 5.41) is 6.08. The maximum absolute atomic E-state index is 12.1. The van der Waals surface area contributed by atoms with Crippen LogP contribution in [0.1, 0.15) is 12.8 Å². The average Bonchev–Trinajstić information content (AvgIpc) is 2.38. The minimum absolute atomic E-state index is 0.299. The standard InChI is InChI=1S/C14H13F3N2OS/c15-14(16,17)20-12-8-4-7-11(9-12)19-13(21)18-10-5-2-1-3-6-10/h2,4-9H,1,3H2,(H2,18,19,21). The van der Waals surface area contributed by atoms with Gasteiger partial charge < -0.3 is 15.4 Å². The number of anilines is 1.